The van der Waals surface area contributed by atoms with E-state index in [2.05, 4.69) is 5.01 Å². The van der Waals surface area contributed by atoms with Gasteiger partial charge in [0.2, 0.25) is 5.91 Å². The van der Waals surface area contributed by atoms with Gasteiger partial charge in [-0.05, 0) is 48.4 Å². The molecule has 0 spiro atoms. The van der Waals surface area contributed by atoms with Crippen molar-refractivity contribution in [1.82, 2.24) is 10.0 Å². The Kier molecular flexibility index (Phi) is 3.82. The third-order valence-electron chi connectivity index (χ3n) is 5.70. The van der Waals surface area contributed by atoms with Crippen molar-refractivity contribution < 1.29 is 14.0 Å². The second-order valence-electron chi connectivity index (χ2n) is 7.14. The van der Waals surface area contributed by atoms with Crippen molar-refractivity contribution >= 4 is 29.1 Å². The van der Waals surface area contributed by atoms with Crippen LogP contribution in [0, 0.1) is 11.7 Å². The lowest BCUT2D eigenvalue weighted by Gasteiger charge is -2.29. The summed E-state index contributed by atoms with van der Waals surface area (Å²) in [5.41, 5.74) is 1.39. The third-order valence-corrected chi connectivity index (χ3v) is 5.95. The Labute approximate surface area is 160 Å². The Morgan fingerprint density at radius 2 is 1.48 bits per heavy atom. The zero-order valence-electron chi connectivity index (χ0n) is 14.4. The van der Waals surface area contributed by atoms with E-state index in [4.69, 9.17) is 11.6 Å². The molecule has 3 atom stereocenters. The predicted octanol–water partition coefficient (Wildman–Crippen LogP) is 3.01. The molecule has 2 amide bonds. The van der Waals surface area contributed by atoms with Gasteiger partial charge in [-0.15, -0.1) is 0 Å². The number of imide groups is 1. The van der Waals surface area contributed by atoms with Gasteiger partial charge < -0.3 is 0 Å². The first-order valence-electron chi connectivity index (χ1n) is 8.98. The normalized spacial score (nSPS) is 28.1. The topological polar surface area (TPSA) is 43.9 Å². The smallest absolute Gasteiger partial charge is 0.253 e. The van der Waals surface area contributed by atoms with E-state index in [1.807, 2.05) is 29.3 Å². The number of hydrogen-bond acceptors (Lipinski definition) is 4. The number of carbonyl (C=O) groups is 2. The van der Waals surface area contributed by atoms with E-state index >= 15 is 0 Å². The Morgan fingerprint density at radius 1 is 0.852 bits per heavy atom. The highest BCUT2D eigenvalue weighted by Gasteiger charge is 2.62. The number of benzene rings is 2. The van der Waals surface area contributed by atoms with Crippen LogP contribution in [0.15, 0.2) is 48.5 Å². The van der Waals surface area contributed by atoms with E-state index in [9.17, 15) is 14.0 Å². The summed E-state index contributed by atoms with van der Waals surface area (Å²) in [6.07, 6.45) is 0.950. The van der Waals surface area contributed by atoms with E-state index in [0.29, 0.717) is 10.7 Å². The highest BCUT2D eigenvalue weighted by Crippen LogP contribution is 2.48. The van der Waals surface area contributed by atoms with E-state index in [-0.39, 0.29) is 17.9 Å². The van der Waals surface area contributed by atoms with Gasteiger partial charge in [-0.3, -0.25) is 9.59 Å². The Balaban J connectivity index is 1.57. The number of anilines is 1. The number of nitrogens with zero attached hydrogens (tertiary/aromatic N) is 3. The Bertz CT molecular complexity index is 918. The molecule has 7 heteroatoms. The van der Waals surface area contributed by atoms with Crippen molar-refractivity contribution in [2.45, 2.75) is 18.5 Å². The number of amides is 2. The summed E-state index contributed by atoms with van der Waals surface area (Å²) in [6, 6.07) is 12.2. The largest absolute Gasteiger partial charge is 0.274 e. The fourth-order valence-electron chi connectivity index (χ4n) is 4.62. The standard InChI is InChI=1S/C20H17ClFN3O2/c21-13-4-2-12(3-5-13)17-16-18(24-11-1-10-23(17)24)20(27)25(19(16)26)15-8-6-14(22)7-9-15/h2-9,16-18H,1,10-11H2/t16-,17-,18-/m0/s1. The molecule has 0 saturated carbocycles. The summed E-state index contributed by atoms with van der Waals surface area (Å²) < 4.78 is 13.3. The first-order valence-corrected chi connectivity index (χ1v) is 9.36. The molecule has 5 nitrogen and oxygen atoms in total. The Hall–Kier alpha value is -2.28. The van der Waals surface area contributed by atoms with Crippen LogP contribution < -0.4 is 4.90 Å². The molecule has 2 aromatic rings. The molecule has 3 aliphatic heterocycles. The van der Waals surface area contributed by atoms with Gasteiger partial charge in [-0.25, -0.2) is 19.3 Å². The highest BCUT2D eigenvalue weighted by molar-refractivity contribution is 6.30. The molecule has 2 aromatic carbocycles. The zero-order chi connectivity index (χ0) is 18.7. The number of fused-ring (bicyclic) bond motifs is 3. The summed E-state index contributed by atoms with van der Waals surface area (Å²) in [7, 11) is 0. The van der Waals surface area contributed by atoms with Gasteiger partial charge in [-0.2, -0.15) is 0 Å². The molecule has 0 unspecified atom stereocenters. The molecule has 0 aliphatic carbocycles. The number of hydrazine groups is 1. The van der Waals surface area contributed by atoms with Crippen LogP contribution in [0.1, 0.15) is 18.0 Å². The van der Waals surface area contributed by atoms with Crippen molar-refractivity contribution in [1.29, 1.82) is 0 Å². The number of hydrogen-bond donors (Lipinski definition) is 0. The van der Waals surface area contributed by atoms with Crippen molar-refractivity contribution in [3.8, 4) is 0 Å². The monoisotopic (exact) mass is 385 g/mol. The summed E-state index contributed by atoms with van der Waals surface area (Å²) in [5, 5.41) is 4.82. The first-order chi connectivity index (χ1) is 13.1. The van der Waals surface area contributed by atoms with Crippen LogP contribution in [0.25, 0.3) is 0 Å². The van der Waals surface area contributed by atoms with Gasteiger partial charge in [0.25, 0.3) is 5.91 Å². The quantitative estimate of drug-likeness (QED) is 0.745. The van der Waals surface area contributed by atoms with Crippen molar-refractivity contribution in [2.24, 2.45) is 5.92 Å². The maximum Gasteiger partial charge on any atom is 0.253 e. The zero-order valence-corrected chi connectivity index (χ0v) is 15.1. The van der Waals surface area contributed by atoms with Crippen LogP contribution >= 0.6 is 11.6 Å². The van der Waals surface area contributed by atoms with E-state index in [0.717, 1.165) is 25.1 Å². The van der Waals surface area contributed by atoms with Crippen LogP contribution in [0.2, 0.25) is 5.02 Å². The maximum atomic E-state index is 13.3. The molecule has 138 valence electrons. The molecular weight excluding hydrogens is 369 g/mol. The molecule has 0 aromatic heterocycles. The minimum atomic E-state index is -0.509. The van der Waals surface area contributed by atoms with Crippen LogP contribution in [-0.4, -0.2) is 41.0 Å². The average Bonchev–Trinajstić information content (AvgIpc) is 3.30. The summed E-state index contributed by atoms with van der Waals surface area (Å²) in [4.78, 5) is 27.7. The SMILES string of the molecule is O=C1[C@@H]2[C@@H](C(=O)N1c1ccc(F)cc1)N1CCCN1[C@H]2c1ccc(Cl)cc1. The average molecular weight is 386 g/mol. The summed E-state index contributed by atoms with van der Waals surface area (Å²) in [5.74, 6) is -1.35. The molecular formula is C20H17ClFN3O2. The molecule has 0 radical (unpaired) electrons. The lowest BCUT2D eigenvalue weighted by molar-refractivity contribution is -0.126. The van der Waals surface area contributed by atoms with E-state index < -0.39 is 17.8 Å². The van der Waals surface area contributed by atoms with Crippen LogP contribution in [0.5, 0.6) is 0 Å². The number of carbonyl (C=O) groups excluding carboxylic acids is 2. The van der Waals surface area contributed by atoms with Crippen LogP contribution in [-0.2, 0) is 9.59 Å². The molecule has 5 rings (SSSR count). The third kappa shape index (κ3) is 2.44. The number of rotatable bonds is 2. The fraction of sp³-hybridized carbons (Fsp3) is 0.300. The highest BCUT2D eigenvalue weighted by atomic mass is 35.5. The van der Waals surface area contributed by atoms with Crippen molar-refractivity contribution in [2.75, 3.05) is 18.0 Å². The van der Waals surface area contributed by atoms with Gasteiger partial charge in [0.05, 0.1) is 17.6 Å². The van der Waals surface area contributed by atoms with Gasteiger partial charge >= 0.3 is 0 Å². The molecule has 0 N–H and O–H groups in total. The maximum absolute atomic E-state index is 13.3. The molecule has 27 heavy (non-hydrogen) atoms. The van der Waals surface area contributed by atoms with Crippen LogP contribution in [0.4, 0.5) is 10.1 Å². The fourth-order valence-corrected chi connectivity index (χ4v) is 4.74. The molecule has 3 heterocycles. The minimum absolute atomic E-state index is 0.198. The minimum Gasteiger partial charge on any atom is -0.274 e. The molecule has 3 fully saturated rings. The van der Waals surface area contributed by atoms with Crippen LogP contribution in [0.3, 0.4) is 0 Å². The molecule has 3 saturated heterocycles. The van der Waals surface area contributed by atoms with Crippen molar-refractivity contribution in [3.63, 3.8) is 0 Å². The second-order valence-corrected chi connectivity index (χ2v) is 7.57. The Morgan fingerprint density at radius 3 is 2.15 bits per heavy atom. The summed E-state index contributed by atoms with van der Waals surface area (Å²) in [6.45, 7) is 1.57. The van der Waals surface area contributed by atoms with Crippen molar-refractivity contribution in [3.05, 3.63) is 64.9 Å². The predicted molar refractivity (Wildman–Crippen MR) is 98.4 cm³/mol. The number of halogens is 2. The van der Waals surface area contributed by atoms with Gasteiger partial charge in [0.15, 0.2) is 0 Å². The molecule has 3 aliphatic rings. The lowest BCUT2D eigenvalue weighted by atomic mass is 9.90. The first kappa shape index (κ1) is 16.9. The molecule has 0 bridgehead atoms. The van der Waals surface area contributed by atoms with Gasteiger partial charge in [-0.1, -0.05) is 23.7 Å². The lowest BCUT2D eigenvalue weighted by Crippen LogP contribution is -2.44. The summed E-state index contributed by atoms with van der Waals surface area (Å²) >= 11 is 6.02. The second kappa shape index (κ2) is 6.12. The van der Waals surface area contributed by atoms with E-state index in [1.54, 1.807) is 0 Å². The van der Waals surface area contributed by atoms with E-state index in [1.165, 1.54) is 29.2 Å². The van der Waals surface area contributed by atoms with Gasteiger partial charge in [0, 0.05) is 18.1 Å². The van der Waals surface area contributed by atoms with Gasteiger partial charge in [0.1, 0.15) is 11.9 Å².